The number of anilines is 1. The second kappa shape index (κ2) is 9.52. The van der Waals surface area contributed by atoms with Gasteiger partial charge in [-0.15, -0.1) is 16.4 Å². The molecule has 1 aliphatic rings. The molecule has 0 saturated heterocycles. The maximum Gasteiger partial charge on any atom is 0.338 e. The van der Waals surface area contributed by atoms with E-state index in [1.165, 1.54) is 0 Å². The topological polar surface area (TPSA) is 78.3 Å². The summed E-state index contributed by atoms with van der Waals surface area (Å²) in [7, 11) is 0. The highest BCUT2D eigenvalue weighted by Gasteiger charge is 2.35. The average molecular weight is 473 g/mol. The molecule has 1 aliphatic heterocycles. The van der Waals surface area contributed by atoms with Gasteiger partial charge in [0.15, 0.2) is 5.82 Å². The maximum atomic E-state index is 13.0. The number of rotatable bonds is 7. The molecule has 5 rings (SSSR count). The van der Waals surface area contributed by atoms with Crippen LogP contribution in [0.4, 0.5) is 5.95 Å². The minimum atomic E-state index is -0.503. The number of esters is 1. The summed E-state index contributed by atoms with van der Waals surface area (Å²) in [6, 6.07) is 21.2. The SMILES string of the molecule is CCOC(=O)C1=C(C)Nc2nc(-c3cccs3)nn2C1c1cccc(OCc2ccccc2)c1. The van der Waals surface area contributed by atoms with Crippen LogP contribution in [0.15, 0.2) is 83.4 Å². The Labute approximate surface area is 201 Å². The van der Waals surface area contributed by atoms with Gasteiger partial charge in [-0.2, -0.15) is 4.98 Å². The molecule has 34 heavy (non-hydrogen) atoms. The van der Waals surface area contributed by atoms with E-state index in [1.807, 2.05) is 79.0 Å². The van der Waals surface area contributed by atoms with Gasteiger partial charge in [0.05, 0.1) is 17.1 Å². The molecule has 1 N–H and O–H groups in total. The number of aromatic nitrogens is 3. The van der Waals surface area contributed by atoms with Crippen molar-refractivity contribution in [3.8, 4) is 16.5 Å². The zero-order chi connectivity index (χ0) is 23.5. The van der Waals surface area contributed by atoms with Gasteiger partial charge in [-0.3, -0.25) is 0 Å². The number of hydrogen-bond acceptors (Lipinski definition) is 7. The van der Waals surface area contributed by atoms with Crippen LogP contribution >= 0.6 is 11.3 Å². The van der Waals surface area contributed by atoms with E-state index in [0.29, 0.717) is 35.4 Å². The van der Waals surface area contributed by atoms with Crippen LogP contribution < -0.4 is 10.1 Å². The van der Waals surface area contributed by atoms with Gasteiger partial charge < -0.3 is 14.8 Å². The van der Waals surface area contributed by atoms with Crippen molar-refractivity contribution in [2.75, 3.05) is 11.9 Å². The van der Waals surface area contributed by atoms with Crippen molar-refractivity contribution in [1.82, 2.24) is 14.8 Å². The number of nitrogens with one attached hydrogen (secondary N) is 1. The lowest BCUT2D eigenvalue weighted by atomic mass is 9.95. The Balaban J connectivity index is 1.54. The Kier molecular flexibility index (Phi) is 6.14. The minimum absolute atomic E-state index is 0.285. The zero-order valence-electron chi connectivity index (χ0n) is 18.9. The lowest BCUT2D eigenvalue weighted by Crippen LogP contribution is -2.29. The van der Waals surface area contributed by atoms with Gasteiger partial charge in [0.2, 0.25) is 5.95 Å². The summed E-state index contributed by atoms with van der Waals surface area (Å²) in [5.41, 5.74) is 3.13. The van der Waals surface area contributed by atoms with Crippen LogP contribution in [0.5, 0.6) is 5.75 Å². The number of carbonyl (C=O) groups excluding carboxylic acids is 1. The van der Waals surface area contributed by atoms with E-state index in [-0.39, 0.29) is 12.6 Å². The van der Waals surface area contributed by atoms with E-state index >= 15 is 0 Å². The van der Waals surface area contributed by atoms with Crippen LogP contribution in [0.25, 0.3) is 10.7 Å². The number of carbonyl (C=O) groups is 1. The summed E-state index contributed by atoms with van der Waals surface area (Å²) in [6.45, 7) is 4.39. The molecule has 0 radical (unpaired) electrons. The number of ether oxygens (including phenoxy) is 2. The summed E-state index contributed by atoms with van der Waals surface area (Å²) in [6.07, 6.45) is 0. The second-order valence-electron chi connectivity index (χ2n) is 7.81. The van der Waals surface area contributed by atoms with Crippen LogP contribution in [0, 0.1) is 0 Å². The summed E-state index contributed by atoms with van der Waals surface area (Å²) < 4.78 is 13.2. The van der Waals surface area contributed by atoms with Crippen molar-refractivity contribution >= 4 is 23.3 Å². The van der Waals surface area contributed by atoms with Crippen molar-refractivity contribution in [3.05, 3.63) is 94.5 Å². The number of thiophene rings is 1. The summed E-state index contributed by atoms with van der Waals surface area (Å²) in [5, 5.41) is 9.99. The standard InChI is InChI=1S/C26H24N4O3S/c1-3-32-25(31)22-17(2)27-26-28-24(21-13-8-14-34-21)29-30(26)23(22)19-11-7-12-20(15-19)33-16-18-9-5-4-6-10-18/h4-15,23H,3,16H2,1-2H3,(H,27,28,29). The molecule has 2 aromatic heterocycles. The van der Waals surface area contributed by atoms with Crippen molar-refractivity contribution in [3.63, 3.8) is 0 Å². The van der Waals surface area contributed by atoms with Gasteiger partial charge in [0, 0.05) is 5.70 Å². The van der Waals surface area contributed by atoms with Crippen LogP contribution in [0.2, 0.25) is 0 Å². The number of fused-ring (bicyclic) bond motifs is 1. The third-order valence-electron chi connectivity index (χ3n) is 5.51. The number of benzene rings is 2. The van der Waals surface area contributed by atoms with Gasteiger partial charge in [-0.05, 0) is 48.6 Å². The van der Waals surface area contributed by atoms with Gasteiger partial charge in [-0.25, -0.2) is 9.48 Å². The Morgan fingerprint density at radius 1 is 1.12 bits per heavy atom. The van der Waals surface area contributed by atoms with Crippen molar-refractivity contribution in [2.45, 2.75) is 26.5 Å². The lowest BCUT2D eigenvalue weighted by molar-refractivity contribution is -0.139. The quantitative estimate of drug-likeness (QED) is 0.361. The molecule has 0 fully saturated rings. The van der Waals surface area contributed by atoms with Gasteiger partial charge in [-0.1, -0.05) is 48.5 Å². The predicted molar refractivity (Wildman–Crippen MR) is 132 cm³/mol. The molecule has 0 bridgehead atoms. The fourth-order valence-electron chi connectivity index (χ4n) is 3.96. The van der Waals surface area contributed by atoms with E-state index in [9.17, 15) is 4.79 Å². The highest BCUT2D eigenvalue weighted by atomic mass is 32.1. The Morgan fingerprint density at radius 2 is 1.97 bits per heavy atom. The number of hydrogen-bond donors (Lipinski definition) is 1. The van der Waals surface area contributed by atoms with E-state index < -0.39 is 6.04 Å². The molecule has 8 heteroatoms. The molecule has 0 saturated carbocycles. The molecule has 7 nitrogen and oxygen atoms in total. The first-order valence-corrected chi connectivity index (χ1v) is 11.9. The molecule has 2 aromatic carbocycles. The van der Waals surface area contributed by atoms with Gasteiger partial charge in [0.25, 0.3) is 0 Å². The first-order chi connectivity index (χ1) is 16.6. The van der Waals surface area contributed by atoms with Crippen LogP contribution in [-0.2, 0) is 16.1 Å². The molecule has 0 amide bonds. The molecule has 0 spiro atoms. The molecule has 0 aliphatic carbocycles. The lowest BCUT2D eigenvalue weighted by Gasteiger charge is -2.28. The zero-order valence-corrected chi connectivity index (χ0v) is 19.7. The van der Waals surface area contributed by atoms with E-state index in [1.54, 1.807) is 22.9 Å². The summed E-state index contributed by atoms with van der Waals surface area (Å²) in [5.74, 6) is 1.51. The fourth-order valence-corrected chi connectivity index (χ4v) is 4.61. The molecular formula is C26H24N4O3S. The number of allylic oxidation sites excluding steroid dienone is 1. The fraction of sp³-hybridized carbons (Fsp3) is 0.192. The average Bonchev–Trinajstić information content (AvgIpc) is 3.53. The highest BCUT2D eigenvalue weighted by Crippen LogP contribution is 2.38. The normalized spacial score (nSPS) is 14.9. The van der Waals surface area contributed by atoms with Crippen LogP contribution in [-0.4, -0.2) is 27.3 Å². The molecule has 172 valence electrons. The van der Waals surface area contributed by atoms with Gasteiger partial charge in [0.1, 0.15) is 18.4 Å². The van der Waals surface area contributed by atoms with Crippen molar-refractivity contribution in [2.24, 2.45) is 0 Å². The third kappa shape index (κ3) is 4.32. The summed E-state index contributed by atoms with van der Waals surface area (Å²) >= 11 is 1.57. The third-order valence-corrected chi connectivity index (χ3v) is 6.38. The largest absolute Gasteiger partial charge is 0.489 e. The Hall–Kier alpha value is -3.91. The predicted octanol–water partition coefficient (Wildman–Crippen LogP) is 5.44. The molecule has 4 aromatic rings. The van der Waals surface area contributed by atoms with E-state index in [4.69, 9.17) is 19.6 Å². The van der Waals surface area contributed by atoms with Crippen LogP contribution in [0.1, 0.15) is 31.0 Å². The smallest absolute Gasteiger partial charge is 0.338 e. The highest BCUT2D eigenvalue weighted by molar-refractivity contribution is 7.13. The van der Waals surface area contributed by atoms with E-state index in [0.717, 1.165) is 16.0 Å². The van der Waals surface area contributed by atoms with Crippen molar-refractivity contribution in [1.29, 1.82) is 0 Å². The first kappa shape index (κ1) is 21.9. The van der Waals surface area contributed by atoms with E-state index in [2.05, 4.69) is 5.32 Å². The van der Waals surface area contributed by atoms with Crippen molar-refractivity contribution < 1.29 is 14.3 Å². The van der Waals surface area contributed by atoms with Gasteiger partial charge >= 0.3 is 5.97 Å². The monoisotopic (exact) mass is 472 g/mol. The molecular weight excluding hydrogens is 448 g/mol. The summed E-state index contributed by atoms with van der Waals surface area (Å²) in [4.78, 5) is 18.7. The maximum absolute atomic E-state index is 13.0. The second-order valence-corrected chi connectivity index (χ2v) is 8.76. The molecule has 1 atom stereocenters. The minimum Gasteiger partial charge on any atom is -0.489 e. The molecule has 3 heterocycles. The van der Waals surface area contributed by atoms with Crippen LogP contribution in [0.3, 0.4) is 0 Å². The Bertz CT molecular complexity index is 1330. The Morgan fingerprint density at radius 3 is 2.74 bits per heavy atom. The molecule has 1 unspecified atom stereocenters. The number of nitrogens with zero attached hydrogens (tertiary/aromatic N) is 3. The first-order valence-electron chi connectivity index (χ1n) is 11.1.